The minimum atomic E-state index is 0.149. The number of nitrogens with zero attached hydrogens (tertiary/aromatic N) is 5. The fraction of sp³-hybridized carbons (Fsp3) is 0.522. The number of carbonyl (C=O) groups is 1. The molecule has 164 valence electrons. The van der Waals surface area contributed by atoms with Gasteiger partial charge in [-0.3, -0.25) is 14.6 Å². The Balaban J connectivity index is 1.23. The molecule has 0 spiro atoms. The highest BCUT2D eigenvalue weighted by Crippen LogP contribution is 2.36. The maximum absolute atomic E-state index is 12.4. The SMILES string of the molecule is CC(=O)N(Cc1ccccc1)C1CCN(C2CC3COC2=CN3c2nc(C)no2)CC1. The molecule has 0 aliphatic carbocycles. The lowest BCUT2D eigenvalue weighted by Crippen LogP contribution is -2.56. The van der Waals surface area contributed by atoms with E-state index in [0.29, 0.717) is 25.0 Å². The Morgan fingerprint density at radius 2 is 2.00 bits per heavy atom. The van der Waals surface area contributed by atoms with E-state index in [0.717, 1.165) is 38.1 Å². The van der Waals surface area contributed by atoms with Crippen LogP contribution in [0.15, 0.2) is 46.8 Å². The predicted octanol–water partition coefficient (Wildman–Crippen LogP) is 2.71. The highest BCUT2D eigenvalue weighted by Gasteiger charge is 2.42. The fourth-order valence-corrected chi connectivity index (χ4v) is 5.01. The van der Waals surface area contributed by atoms with Gasteiger partial charge in [-0.2, -0.15) is 4.98 Å². The molecular formula is C23H29N5O3. The minimum absolute atomic E-state index is 0.149. The summed E-state index contributed by atoms with van der Waals surface area (Å²) in [4.78, 5) is 23.3. The molecule has 2 fully saturated rings. The molecule has 6 rings (SSSR count). The van der Waals surface area contributed by atoms with Gasteiger partial charge in [-0.15, -0.1) is 0 Å². The molecule has 31 heavy (non-hydrogen) atoms. The molecule has 1 amide bonds. The molecule has 4 aliphatic heterocycles. The van der Waals surface area contributed by atoms with Crippen LogP contribution in [-0.4, -0.2) is 63.7 Å². The highest BCUT2D eigenvalue weighted by molar-refractivity contribution is 5.73. The van der Waals surface area contributed by atoms with Crippen LogP contribution in [0.3, 0.4) is 0 Å². The van der Waals surface area contributed by atoms with Gasteiger partial charge in [-0.1, -0.05) is 35.5 Å². The number of anilines is 1. The number of benzene rings is 1. The zero-order valence-corrected chi connectivity index (χ0v) is 18.1. The van der Waals surface area contributed by atoms with Crippen LogP contribution in [0.2, 0.25) is 0 Å². The van der Waals surface area contributed by atoms with Crippen LogP contribution in [0.1, 0.15) is 37.6 Å². The van der Waals surface area contributed by atoms with Crippen molar-refractivity contribution >= 4 is 11.9 Å². The summed E-state index contributed by atoms with van der Waals surface area (Å²) in [6.45, 7) is 6.76. The third-order valence-corrected chi connectivity index (χ3v) is 6.64. The maximum Gasteiger partial charge on any atom is 0.328 e. The van der Waals surface area contributed by atoms with Gasteiger partial charge in [0.05, 0.1) is 12.1 Å². The van der Waals surface area contributed by atoms with E-state index in [1.807, 2.05) is 36.2 Å². The molecule has 2 atom stereocenters. The molecule has 4 aliphatic rings. The number of carbonyl (C=O) groups excluding carboxylic acids is 1. The summed E-state index contributed by atoms with van der Waals surface area (Å²) >= 11 is 0. The minimum Gasteiger partial charge on any atom is -0.493 e. The standard InChI is InChI=1S/C23H29N5O3/c1-16-24-23(31-25-16)28-14-22-21(12-20(28)15-30-22)26-10-8-19(9-11-26)27(17(2)29)13-18-6-4-3-5-7-18/h3-7,14,19-21H,8-13,15H2,1-2H3. The number of aryl methyl sites for hydroxylation is 1. The first-order chi connectivity index (χ1) is 15.1. The van der Waals surface area contributed by atoms with Crippen LogP contribution >= 0.6 is 0 Å². The third-order valence-electron chi connectivity index (χ3n) is 6.64. The molecular weight excluding hydrogens is 394 g/mol. The van der Waals surface area contributed by atoms with E-state index in [1.54, 1.807) is 6.92 Å². The first kappa shape index (κ1) is 20.1. The van der Waals surface area contributed by atoms with Crippen LogP contribution in [0.4, 0.5) is 6.01 Å². The number of hydrogen-bond acceptors (Lipinski definition) is 7. The summed E-state index contributed by atoms with van der Waals surface area (Å²) in [5.74, 6) is 1.76. The molecule has 0 saturated carbocycles. The Hall–Kier alpha value is -2.87. The summed E-state index contributed by atoms with van der Waals surface area (Å²) in [5, 5.41) is 3.91. The molecule has 2 bridgehead atoms. The summed E-state index contributed by atoms with van der Waals surface area (Å²) in [7, 11) is 0. The molecule has 1 aromatic heterocycles. The lowest BCUT2D eigenvalue weighted by atomic mass is 9.93. The van der Waals surface area contributed by atoms with Crippen LogP contribution < -0.4 is 4.90 Å². The molecule has 2 aromatic rings. The van der Waals surface area contributed by atoms with Crippen LogP contribution in [0.25, 0.3) is 0 Å². The van der Waals surface area contributed by atoms with Gasteiger partial charge in [0.2, 0.25) is 5.91 Å². The van der Waals surface area contributed by atoms with E-state index in [9.17, 15) is 4.79 Å². The molecule has 1 aromatic carbocycles. The van der Waals surface area contributed by atoms with E-state index in [2.05, 4.69) is 32.1 Å². The Morgan fingerprint density at radius 3 is 2.61 bits per heavy atom. The quantitative estimate of drug-likeness (QED) is 0.732. The van der Waals surface area contributed by atoms with Gasteiger partial charge in [-0.05, 0) is 31.7 Å². The highest BCUT2D eigenvalue weighted by atomic mass is 16.5. The predicted molar refractivity (Wildman–Crippen MR) is 115 cm³/mol. The van der Waals surface area contributed by atoms with Crippen molar-refractivity contribution in [2.24, 2.45) is 0 Å². The number of likely N-dealkylation sites (tertiary alicyclic amines) is 1. The lowest BCUT2D eigenvalue weighted by molar-refractivity contribution is -0.133. The van der Waals surface area contributed by atoms with E-state index >= 15 is 0 Å². The van der Waals surface area contributed by atoms with Crippen molar-refractivity contribution in [3.8, 4) is 0 Å². The van der Waals surface area contributed by atoms with Crippen molar-refractivity contribution in [3.05, 3.63) is 53.7 Å². The molecule has 8 nitrogen and oxygen atoms in total. The van der Waals surface area contributed by atoms with Crippen molar-refractivity contribution in [3.63, 3.8) is 0 Å². The van der Waals surface area contributed by atoms with Gasteiger partial charge in [0.15, 0.2) is 5.82 Å². The average molecular weight is 424 g/mol. The topological polar surface area (TPSA) is 74.9 Å². The zero-order valence-electron chi connectivity index (χ0n) is 18.1. The normalized spacial score (nSPS) is 24.1. The number of hydrogen-bond donors (Lipinski definition) is 0. The van der Waals surface area contributed by atoms with Crippen LogP contribution in [0, 0.1) is 6.92 Å². The first-order valence-corrected chi connectivity index (χ1v) is 11.1. The molecule has 5 heterocycles. The largest absolute Gasteiger partial charge is 0.493 e. The monoisotopic (exact) mass is 423 g/mol. The lowest BCUT2D eigenvalue weighted by Gasteiger charge is -2.48. The van der Waals surface area contributed by atoms with Crippen molar-refractivity contribution in [2.45, 2.75) is 57.8 Å². The Kier molecular flexibility index (Phi) is 5.40. The van der Waals surface area contributed by atoms with Gasteiger partial charge < -0.3 is 14.2 Å². The van der Waals surface area contributed by atoms with Crippen molar-refractivity contribution in [1.29, 1.82) is 0 Å². The van der Waals surface area contributed by atoms with Crippen molar-refractivity contribution in [1.82, 2.24) is 19.9 Å². The molecule has 0 N–H and O–H groups in total. The Bertz CT molecular complexity index is 951. The second-order valence-electron chi connectivity index (χ2n) is 8.68. The number of aromatic nitrogens is 2. The zero-order chi connectivity index (χ0) is 21.4. The van der Waals surface area contributed by atoms with Gasteiger partial charge in [-0.25, -0.2) is 0 Å². The van der Waals surface area contributed by atoms with Crippen molar-refractivity contribution in [2.75, 3.05) is 24.6 Å². The van der Waals surface area contributed by atoms with Gasteiger partial charge in [0.25, 0.3) is 0 Å². The van der Waals surface area contributed by atoms with Gasteiger partial charge in [0, 0.05) is 38.8 Å². The number of fused-ring (bicyclic) bond motifs is 3. The summed E-state index contributed by atoms with van der Waals surface area (Å²) < 4.78 is 11.4. The number of rotatable bonds is 5. The van der Waals surface area contributed by atoms with Crippen molar-refractivity contribution < 1.29 is 14.1 Å². The van der Waals surface area contributed by atoms with Gasteiger partial charge >= 0.3 is 6.01 Å². The summed E-state index contributed by atoms with van der Waals surface area (Å²) in [6.07, 6.45) is 4.97. The number of ether oxygens (including phenoxy) is 1. The Morgan fingerprint density at radius 1 is 1.23 bits per heavy atom. The number of amides is 1. The summed E-state index contributed by atoms with van der Waals surface area (Å²) in [6, 6.07) is 11.5. The average Bonchev–Trinajstić information content (AvgIpc) is 3.24. The fourth-order valence-electron chi connectivity index (χ4n) is 5.01. The molecule has 2 unspecified atom stereocenters. The second kappa shape index (κ2) is 8.34. The van der Waals surface area contributed by atoms with E-state index in [4.69, 9.17) is 9.26 Å². The van der Waals surface area contributed by atoms with Crippen LogP contribution in [0.5, 0.6) is 0 Å². The summed E-state index contributed by atoms with van der Waals surface area (Å²) in [5.41, 5.74) is 1.18. The smallest absolute Gasteiger partial charge is 0.328 e. The second-order valence-corrected chi connectivity index (χ2v) is 8.68. The van der Waals surface area contributed by atoms with E-state index in [1.165, 1.54) is 5.56 Å². The van der Waals surface area contributed by atoms with Crippen LogP contribution in [-0.2, 0) is 16.1 Å². The molecule has 2 saturated heterocycles. The maximum atomic E-state index is 12.4. The third kappa shape index (κ3) is 4.04. The molecule has 8 heteroatoms. The number of piperidine rings is 1. The van der Waals surface area contributed by atoms with Gasteiger partial charge in [0.1, 0.15) is 12.4 Å². The molecule has 0 radical (unpaired) electrons. The van der Waals surface area contributed by atoms with E-state index in [-0.39, 0.29) is 24.0 Å². The first-order valence-electron chi connectivity index (χ1n) is 11.1. The van der Waals surface area contributed by atoms with E-state index < -0.39 is 0 Å². The Labute approximate surface area is 182 Å².